The van der Waals surface area contributed by atoms with E-state index in [0.717, 1.165) is 32.5 Å². The largest absolute Gasteiger partial charge is 0.348 e. The molecular formula is C15H25N3OS. The monoisotopic (exact) mass is 295 g/mol. The van der Waals surface area contributed by atoms with Crippen molar-refractivity contribution < 1.29 is 4.79 Å². The van der Waals surface area contributed by atoms with Crippen LogP contribution in [0.15, 0.2) is 10.8 Å². The topological polar surface area (TPSA) is 35.6 Å². The van der Waals surface area contributed by atoms with Gasteiger partial charge in [0.1, 0.15) is 0 Å². The molecule has 1 N–H and O–H groups in total. The van der Waals surface area contributed by atoms with Gasteiger partial charge in [-0.2, -0.15) is 11.3 Å². The van der Waals surface area contributed by atoms with Gasteiger partial charge in [-0.25, -0.2) is 0 Å². The fourth-order valence-electron chi connectivity index (χ4n) is 2.45. The van der Waals surface area contributed by atoms with Gasteiger partial charge in [0.25, 0.3) is 0 Å². The summed E-state index contributed by atoms with van der Waals surface area (Å²) in [6.45, 7) is 5.72. The molecule has 1 aliphatic heterocycles. The maximum Gasteiger partial charge on any atom is 0.236 e. The summed E-state index contributed by atoms with van der Waals surface area (Å²) >= 11 is 1.77. The van der Waals surface area contributed by atoms with Crippen LogP contribution in [0.3, 0.4) is 0 Å². The number of thiophene rings is 1. The van der Waals surface area contributed by atoms with Gasteiger partial charge in [0, 0.05) is 39.8 Å². The lowest BCUT2D eigenvalue weighted by molar-refractivity contribution is -0.130. The maximum absolute atomic E-state index is 11.7. The predicted octanol–water partition coefficient (Wildman–Crippen LogP) is 1.70. The van der Waals surface area contributed by atoms with Gasteiger partial charge in [0.05, 0.1) is 6.54 Å². The molecule has 1 aromatic rings. The third-order valence-electron chi connectivity index (χ3n) is 3.99. The molecule has 0 radical (unpaired) electrons. The lowest BCUT2D eigenvalue weighted by Gasteiger charge is -2.32. The van der Waals surface area contributed by atoms with Crippen molar-refractivity contribution in [1.82, 2.24) is 15.1 Å². The van der Waals surface area contributed by atoms with Crippen LogP contribution >= 0.6 is 11.3 Å². The molecule has 1 amide bonds. The van der Waals surface area contributed by atoms with E-state index < -0.39 is 0 Å². The number of amides is 1. The molecule has 5 heteroatoms. The van der Waals surface area contributed by atoms with Gasteiger partial charge in [-0.1, -0.05) is 0 Å². The second-order valence-corrected chi connectivity index (χ2v) is 6.54. The van der Waals surface area contributed by atoms with Gasteiger partial charge >= 0.3 is 0 Å². The van der Waals surface area contributed by atoms with Crippen LogP contribution in [0.2, 0.25) is 0 Å². The van der Waals surface area contributed by atoms with Crippen molar-refractivity contribution in [3.63, 3.8) is 0 Å². The van der Waals surface area contributed by atoms with E-state index in [2.05, 4.69) is 27.9 Å². The highest BCUT2D eigenvalue weighted by atomic mass is 32.1. The van der Waals surface area contributed by atoms with Crippen LogP contribution in [0.5, 0.6) is 0 Å². The molecule has 1 aromatic heterocycles. The fourth-order valence-corrected chi connectivity index (χ4v) is 3.31. The number of piperidine rings is 1. The first-order valence-corrected chi connectivity index (χ1v) is 8.18. The van der Waals surface area contributed by atoms with E-state index in [-0.39, 0.29) is 5.91 Å². The Morgan fingerprint density at radius 1 is 1.40 bits per heavy atom. The Morgan fingerprint density at radius 3 is 2.65 bits per heavy atom. The molecule has 1 saturated heterocycles. The summed E-state index contributed by atoms with van der Waals surface area (Å²) in [6, 6.07) is 0.583. The van der Waals surface area contributed by atoms with Crippen LogP contribution in [-0.4, -0.2) is 55.5 Å². The molecule has 2 rings (SSSR count). The van der Waals surface area contributed by atoms with Crippen LogP contribution in [0, 0.1) is 6.92 Å². The van der Waals surface area contributed by atoms with E-state index in [9.17, 15) is 4.79 Å². The second-order valence-electron chi connectivity index (χ2n) is 5.80. The van der Waals surface area contributed by atoms with E-state index in [1.165, 1.54) is 11.1 Å². The van der Waals surface area contributed by atoms with Crippen molar-refractivity contribution in [2.24, 2.45) is 0 Å². The summed E-state index contributed by atoms with van der Waals surface area (Å²) in [6.07, 6.45) is 2.26. The molecule has 0 saturated carbocycles. The van der Waals surface area contributed by atoms with Gasteiger partial charge in [-0.15, -0.1) is 0 Å². The Kier molecular flexibility index (Phi) is 5.57. The van der Waals surface area contributed by atoms with Crippen LogP contribution < -0.4 is 5.32 Å². The lowest BCUT2D eigenvalue weighted by Crippen LogP contribution is -2.45. The van der Waals surface area contributed by atoms with Crippen molar-refractivity contribution >= 4 is 17.2 Å². The summed E-state index contributed by atoms with van der Waals surface area (Å²) in [5.41, 5.74) is 2.80. The normalized spacial score (nSPS) is 17.4. The van der Waals surface area contributed by atoms with Crippen molar-refractivity contribution in [1.29, 1.82) is 0 Å². The van der Waals surface area contributed by atoms with Crippen molar-refractivity contribution in [3.8, 4) is 0 Å². The Labute approximate surface area is 125 Å². The minimum absolute atomic E-state index is 0.199. The molecule has 0 atom stereocenters. The van der Waals surface area contributed by atoms with Crippen molar-refractivity contribution in [2.45, 2.75) is 32.4 Å². The molecular weight excluding hydrogens is 270 g/mol. The highest BCUT2D eigenvalue weighted by Gasteiger charge is 2.21. The Morgan fingerprint density at radius 2 is 2.10 bits per heavy atom. The second kappa shape index (κ2) is 7.20. The zero-order valence-corrected chi connectivity index (χ0v) is 13.5. The molecule has 2 heterocycles. The quantitative estimate of drug-likeness (QED) is 0.898. The smallest absolute Gasteiger partial charge is 0.236 e. The molecule has 4 nitrogen and oxygen atoms in total. The fraction of sp³-hybridized carbons (Fsp3) is 0.667. The van der Waals surface area contributed by atoms with Gasteiger partial charge in [-0.3, -0.25) is 9.69 Å². The minimum Gasteiger partial charge on any atom is -0.348 e. The maximum atomic E-state index is 11.7. The number of aryl methyl sites for hydroxylation is 1. The van der Waals surface area contributed by atoms with Crippen LogP contribution in [0.4, 0.5) is 0 Å². The van der Waals surface area contributed by atoms with Crippen LogP contribution in [0.1, 0.15) is 24.0 Å². The summed E-state index contributed by atoms with van der Waals surface area (Å²) in [7, 11) is 3.64. The average molecular weight is 295 g/mol. The molecule has 1 fully saturated rings. The number of hydrogen-bond acceptors (Lipinski definition) is 4. The summed E-state index contributed by atoms with van der Waals surface area (Å²) in [5, 5.41) is 8.08. The van der Waals surface area contributed by atoms with Crippen LogP contribution in [0.25, 0.3) is 0 Å². The summed E-state index contributed by atoms with van der Waals surface area (Å²) in [4.78, 5) is 15.6. The number of likely N-dealkylation sites (N-methyl/N-ethyl adjacent to an activating group) is 1. The van der Waals surface area contributed by atoms with Crippen molar-refractivity contribution in [3.05, 3.63) is 21.9 Å². The first kappa shape index (κ1) is 15.5. The van der Waals surface area contributed by atoms with Gasteiger partial charge < -0.3 is 10.2 Å². The lowest BCUT2D eigenvalue weighted by atomic mass is 10.0. The molecule has 112 valence electrons. The standard InChI is InChI=1S/C15H25N3OS/c1-12-10-20-11-13(12)8-16-14-4-6-18(7-5-14)9-15(19)17(2)3/h10-11,14,16H,4-9H2,1-3H3. The average Bonchev–Trinajstić information content (AvgIpc) is 2.83. The number of rotatable bonds is 5. The van der Waals surface area contributed by atoms with Crippen LogP contribution in [-0.2, 0) is 11.3 Å². The number of likely N-dealkylation sites (tertiary alicyclic amines) is 1. The highest BCUT2D eigenvalue weighted by Crippen LogP contribution is 2.15. The summed E-state index contributed by atoms with van der Waals surface area (Å²) < 4.78 is 0. The predicted molar refractivity (Wildman–Crippen MR) is 84.1 cm³/mol. The van der Waals surface area contributed by atoms with Gasteiger partial charge in [-0.05, 0) is 41.7 Å². The number of hydrogen-bond donors (Lipinski definition) is 1. The van der Waals surface area contributed by atoms with E-state index in [1.807, 2.05) is 14.1 Å². The summed E-state index contributed by atoms with van der Waals surface area (Å²) in [5.74, 6) is 0.199. The number of carbonyl (C=O) groups is 1. The van der Waals surface area contributed by atoms with E-state index in [1.54, 1.807) is 16.2 Å². The molecule has 0 spiro atoms. The van der Waals surface area contributed by atoms with Gasteiger partial charge in [0.15, 0.2) is 0 Å². The molecule has 0 aromatic carbocycles. The molecule has 20 heavy (non-hydrogen) atoms. The van der Waals surface area contributed by atoms with E-state index in [0.29, 0.717) is 12.6 Å². The molecule has 0 aliphatic carbocycles. The Bertz CT molecular complexity index is 436. The first-order valence-electron chi connectivity index (χ1n) is 7.24. The first-order chi connectivity index (χ1) is 9.56. The number of nitrogens with one attached hydrogen (secondary N) is 1. The molecule has 0 bridgehead atoms. The van der Waals surface area contributed by atoms with Crippen molar-refractivity contribution in [2.75, 3.05) is 33.7 Å². The third-order valence-corrected chi connectivity index (χ3v) is 4.90. The molecule has 1 aliphatic rings. The zero-order valence-electron chi connectivity index (χ0n) is 12.7. The Hall–Kier alpha value is -0.910. The SMILES string of the molecule is Cc1cscc1CNC1CCN(CC(=O)N(C)C)CC1. The molecule has 0 unspecified atom stereocenters. The number of carbonyl (C=O) groups excluding carboxylic acids is 1. The highest BCUT2D eigenvalue weighted by molar-refractivity contribution is 7.08. The number of nitrogens with zero attached hydrogens (tertiary/aromatic N) is 2. The van der Waals surface area contributed by atoms with Gasteiger partial charge in [0.2, 0.25) is 5.91 Å². The Balaban J connectivity index is 1.69. The zero-order chi connectivity index (χ0) is 14.5. The third kappa shape index (κ3) is 4.30. The van der Waals surface area contributed by atoms with E-state index >= 15 is 0 Å². The van der Waals surface area contributed by atoms with E-state index in [4.69, 9.17) is 0 Å². The minimum atomic E-state index is 0.199.